The van der Waals surface area contributed by atoms with E-state index in [0.29, 0.717) is 11.6 Å². The van der Waals surface area contributed by atoms with Gasteiger partial charge < -0.3 is 9.00 Å². The smallest absolute Gasteiger partial charge is 0.595 e. The Morgan fingerprint density at radius 3 is 2.06 bits per heavy atom. The van der Waals surface area contributed by atoms with E-state index in [2.05, 4.69) is 27.7 Å². The zero-order chi connectivity index (χ0) is 12.3. The molecule has 0 aromatic heterocycles. The Morgan fingerprint density at radius 1 is 1.19 bits per heavy atom. The van der Waals surface area contributed by atoms with Crippen LogP contribution in [0.1, 0.15) is 54.4 Å². The van der Waals surface area contributed by atoms with E-state index in [4.69, 9.17) is 9.00 Å². The average Bonchev–Trinajstić information content (AvgIpc) is 2.25. The lowest BCUT2D eigenvalue weighted by Crippen LogP contribution is -2.49. The number of hydrogen-bond donors (Lipinski definition) is 0. The fourth-order valence-corrected chi connectivity index (χ4v) is 2.64. The van der Waals surface area contributed by atoms with E-state index >= 15 is 0 Å². The second kappa shape index (κ2) is 5.07. The molecule has 0 bridgehead atoms. The Bertz CT molecular complexity index is 297. The van der Waals surface area contributed by atoms with Crippen LogP contribution in [0.15, 0.2) is 11.8 Å². The minimum atomic E-state index is -1.21. The molecule has 0 spiro atoms. The van der Waals surface area contributed by atoms with Crippen LogP contribution in [0.25, 0.3) is 0 Å². The highest BCUT2D eigenvalue weighted by Gasteiger charge is 2.54. The van der Waals surface area contributed by atoms with Crippen molar-refractivity contribution < 1.29 is 9.00 Å². The van der Waals surface area contributed by atoms with Gasteiger partial charge in [0.15, 0.2) is 0 Å². The van der Waals surface area contributed by atoms with Crippen LogP contribution >= 0.6 is 0 Å². The van der Waals surface area contributed by atoms with E-state index in [1.807, 2.05) is 19.9 Å². The first-order valence-electron chi connectivity index (χ1n) is 6.51. The molecule has 0 radical (unpaired) electrons. The van der Waals surface area contributed by atoms with Crippen molar-refractivity contribution in [2.45, 2.75) is 66.0 Å². The van der Waals surface area contributed by atoms with Crippen LogP contribution in [0.4, 0.5) is 0 Å². The predicted molar refractivity (Wildman–Crippen MR) is 70.7 cm³/mol. The largest absolute Gasteiger partial charge is 0.637 e. The molecular weight excluding hydrogens is 199 g/mol. The molecule has 0 aromatic carbocycles. The lowest BCUT2D eigenvalue weighted by Gasteiger charge is -2.38. The number of allylic oxidation sites excluding steroid dienone is 2. The van der Waals surface area contributed by atoms with Crippen molar-refractivity contribution in [1.29, 1.82) is 0 Å². The number of ketones is 1. The quantitative estimate of drug-likeness (QED) is 0.520. The standard InChI is InChI=1S/C13H25BO2/c1-7-10(3)14(11(4)8-2)15-12(5)9-13(6)16-14/h9-11H,7-8H2,1-6H3. The van der Waals surface area contributed by atoms with Crippen LogP contribution in [-0.2, 0) is 9.00 Å². The van der Waals surface area contributed by atoms with Crippen LogP contribution in [0.5, 0.6) is 0 Å². The second-order valence-electron chi connectivity index (χ2n) is 5.21. The first-order chi connectivity index (χ1) is 7.46. The third-order valence-corrected chi connectivity index (χ3v) is 4.02. The van der Waals surface area contributed by atoms with Crippen LogP contribution in [0, 0.1) is 0 Å². The Morgan fingerprint density at radius 2 is 1.69 bits per heavy atom. The monoisotopic (exact) mass is 224 g/mol. The molecular formula is C13H25BO2. The molecule has 0 saturated heterocycles. The van der Waals surface area contributed by atoms with Gasteiger partial charge in [-0.3, -0.25) is 0 Å². The van der Waals surface area contributed by atoms with E-state index in [0.717, 1.165) is 24.4 Å². The maximum absolute atomic E-state index is 6.13. The van der Waals surface area contributed by atoms with Crippen molar-refractivity contribution in [2.75, 3.05) is 0 Å². The lowest BCUT2D eigenvalue weighted by molar-refractivity contribution is -0.339. The highest BCUT2D eigenvalue weighted by Crippen LogP contribution is 2.39. The summed E-state index contributed by atoms with van der Waals surface area (Å²) in [4.78, 5) is 0. The van der Waals surface area contributed by atoms with Gasteiger partial charge in [0.05, 0.1) is 11.8 Å². The molecule has 0 fully saturated rings. The van der Waals surface area contributed by atoms with Gasteiger partial charge in [-0.1, -0.05) is 40.5 Å². The number of rotatable bonds is 4. The van der Waals surface area contributed by atoms with Crippen molar-refractivity contribution in [3.05, 3.63) is 11.8 Å². The first-order valence-corrected chi connectivity index (χ1v) is 6.51. The summed E-state index contributed by atoms with van der Waals surface area (Å²) in [5.41, 5.74) is 0. The van der Waals surface area contributed by atoms with E-state index in [-0.39, 0.29) is 0 Å². The van der Waals surface area contributed by atoms with Crippen molar-refractivity contribution in [3.8, 4) is 0 Å². The van der Waals surface area contributed by atoms with Crippen molar-refractivity contribution in [1.82, 2.24) is 0 Å². The molecule has 92 valence electrons. The molecule has 2 unspecified atom stereocenters. The molecule has 1 heterocycles. The van der Waals surface area contributed by atoms with Crippen molar-refractivity contribution in [2.24, 2.45) is 0 Å². The molecule has 0 aromatic rings. The van der Waals surface area contributed by atoms with E-state index in [1.165, 1.54) is 0 Å². The average molecular weight is 224 g/mol. The Labute approximate surface area is 99.7 Å². The molecule has 3 heteroatoms. The molecule has 0 N–H and O–H groups in total. The van der Waals surface area contributed by atoms with Crippen LogP contribution in [0.3, 0.4) is 0 Å². The zero-order valence-corrected chi connectivity index (χ0v) is 11.5. The summed E-state index contributed by atoms with van der Waals surface area (Å²) < 4.78 is 12.3. The summed E-state index contributed by atoms with van der Waals surface area (Å²) in [6.07, 6.45) is 4.15. The minimum Gasteiger partial charge on any atom is -0.637 e. The molecule has 1 aliphatic heterocycles. The van der Waals surface area contributed by atoms with Crippen LogP contribution in [0.2, 0.25) is 11.6 Å². The van der Waals surface area contributed by atoms with Gasteiger partial charge in [-0.05, 0) is 18.6 Å². The third kappa shape index (κ3) is 2.33. The fraction of sp³-hybridized carbons (Fsp3) is 0.769. The Hall–Kier alpha value is -0.725. The van der Waals surface area contributed by atoms with Crippen LogP contribution in [-0.4, -0.2) is 12.3 Å². The highest BCUT2D eigenvalue weighted by atomic mass is 16.6. The van der Waals surface area contributed by atoms with Gasteiger partial charge in [0.25, 0.3) is 0 Å². The summed E-state index contributed by atoms with van der Waals surface area (Å²) in [5, 5.41) is 0. The van der Waals surface area contributed by atoms with Gasteiger partial charge in [0.1, 0.15) is 0 Å². The van der Waals surface area contributed by atoms with Gasteiger partial charge in [0, 0.05) is 6.92 Å². The fourth-order valence-electron chi connectivity index (χ4n) is 2.64. The van der Waals surface area contributed by atoms with Gasteiger partial charge in [-0.2, -0.15) is 0 Å². The molecule has 0 aliphatic carbocycles. The van der Waals surface area contributed by atoms with Gasteiger partial charge in [0.2, 0.25) is 5.78 Å². The summed E-state index contributed by atoms with van der Waals surface area (Å²) in [5.74, 6) is 2.88. The normalized spacial score (nSPS) is 28.9. The van der Waals surface area contributed by atoms with Crippen molar-refractivity contribution in [3.63, 3.8) is 0 Å². The molecule has 16 heavy (non-hydrogen) atoms. The summed E-state index contributed by atoms with van der Waals surface area (Å²) >= 11 is 0. The first kappa shape index (κ1) is 13.3. The number of carbonyl (C=O) groups excluding carboxylic acids is 1. The molecule has 1 aliphatic rings. The summed E-state index contributed by atoms with van der Waals surface area (Å²) in [7, 11) is 0. The maximum Gasteiger partial charge on any atom is 0.595 e. The van der Waals surface area contributed by atoms with Gasteiger partial charge in [-0.25, -0.2) is 0 Å². The Kier molecular flexibility index (Phi) is 4.23. The molecule has 2 nitrogen and oxygen atoms in total. The predicted octanol–water partition coefficient (Wildman–Crippen LogP) is 4.09. The Balaban J connectivity index is 3.12. The van der Waals surface area contributed by atoms with Gasteiger partial charge in [-0.15, -0.1) is 0 Å². The zero-order valence-electron chi connectivity index (χ0n) is 11.5. The summed E-state index contributed by atoms with van der Waals surface area (Å²) in [6.45, 7) is 11.7. The SMILES string of the molecule is CCC(C)[B-]1(C(C)CC)OC(C)=CC(C)=[O+]1. The van der Waals surface area contributed by atoms with Gasteiger partial charge >= 0.3 is 6.55 Å². The second-order valence-corrected chi connectivity index (χ2v) is 5.21. The van der Waals surface area contributed by atoms with Crippen molar-refractivity contribution >= 4 is 12.3 Å². The molecule has 2 atom stereocenters. The molecule has 0 amide bonds. The maximum atomic E-state index is 6.13. The molecule has 1 rings (SSSR count). The van der Waals surface area contributed by atoms with E-state index in [1.54, 1.807) is 0 Å². The van der Waals surface area contributed by atoms with E-state index in [9.17, 15) is 0 Å². The lowest BCUT2D eigenvalue weighted by atomic mass is 9.38. The highest BCUT2D eigenvalue weighted by molar-refractivity contribution is 6.68. The minimum absolute atomic E-state index is 0.452. The number of hydrogen-bond acceptors (Lipinski definition) is 1. The van der Waals surface area contributed by atoms with Crippen LogP contribution < -0.4 is 0 Å². The summed E-state index contributed by atoms with van der Waals surface area (Å²) in [6, 6.07) is 0. The topological polar surface area (TPSA) is 20.5 Å². The third-order valence-electron chi connectivity index (χ3n) is 4.02. The van der Waals surface area contributed by atoms with E-state index < -0.39 is 6.55 Å². The molecule has 0 saturated carbocycles.